The molecule has 0 unspecified atom stereocenters. The molecule has 0 aliphatic rings. The predicted molar refractivity (Wildman–Crippen MR) is 70.6 cm³/mol. The number of hydrogen-bond acceptors (Lipinski definition) is 3. The summed E-state index contributed by atoms with van der Waals surface area (Å²) in [5.41, 5.74) is 0.296. The number of carbonyl (C=O) groups excluding carboxylic acids is 1. The number of carbonyl (C=O) groups is 2. The fraction of sp³-hybridized carbons (Fsp3) is 0.500. The molecule has 0 saturated carbocycles. The van der Waals surface area contributed by atoms with E-state index in [-0.39, 0.29) is 11.4 Å². The molecule has 0 radical (unpaired) electrons. The molecule has 0 aliphatic heterocycles. The van der Waals surface area contributed by atoms with Crippen molar-refractivity contribution in [2.24, 2.45) is 0 Å². The van der Waals surface area contributed by atoms with Crippen molar-refractivity contribution in [1.82, 2.24) is 10.3 Å². The Kier molecular flexibility index (Phi) is 4.55. The van der Waals surface area contributed by atoms with E-state index in [2.05, 4.69) is 15.6 Å². The van der Waals surface area contributed by atoms with E-state index in [0.717, 1.165) is 0 Å². The Morgan fingerprint density at radius 3 is 2.63 bits per heavy atom. The second-order valence-electron chi connectivity index (χ2n) is 4.94. The van der Waals surface area contributed by atoms with Crippen molar-refractivity contribution in [2.75, 3.05) is 19.0 Å². The highest BCUT2D eigenvalue weighted by atomic mass is 16.5. The zero-order valence-corrected chi connectivity index (χ0v) is 11.5. The van der Waals surface area contributed by atoms with Crippen molar-refractivity contribution in [3.63, 3.8) is 0 Å². The summed E-state index contributed by atoms with van der Waals surface area (Å²) in [5, 5.41) is 14.2. The molecule has 0 aromatic carbocycles. The first kappa shape index (κ1) is 15.0. The number of hydrogen-bond donors (Lipinski definition) is 4. The normalized spacial score (nSPS) is 11.2. The van der Waals surface area contributed by atoms with Gasteiger partial charge in [0.2, 0.25) is 0 Å². The Morgan fingerprint density at radius 1 is 1.47 bits per heavy atom. The first-order valence-electron chi connectivity index (χ1n) is 5.76. The summed E-state index contributed by atoms with van der Waals surface area (Å²) in [6, 6.07) is 1.08. The molecule has 1 aromatic heterocycles. The number of aromatic amines is 1. The molecule has 0 atom stereocenters. The fourth-order valence-electron chi connectivity index (χ4n) is 1.71. The lowest BCUT2D eigenvalue weighted by atomic mass is 10.1. The van der Waals surface area contributed by atoms with E-state index in [0.29, 0.717) is 12.3 Å². The van der Waals surface area contributed by atoms with Gasteiger partial charge in [0.05, 0.1) is 17.8 Å². The molecule has 1 heterocycles. The van der Waals surface area contributed by atoms with Crippen LogP contribution >= 0.6 is 0 Å². The van der Waals surface area contributed by atoms with Crippen molar-refractivity contribution < 1.29 is 19.4 Å². The van der Waals surface area contributed by atoms with Crippen LogP contribution in [0.15, 0.2) is 6.07 Å². The third-order valence-electron chi connectivity index (χ3n) is 2.37. The number of ether oxygens (including phenoxy) is 1. The van der Waals surface area contributed by atoms with Crippen LogP contribution in [-0.4, -0.2) is 41.3 Å². The molecule has 2 amide bonds. The summed E-state index contributed by atoms with van der Waals surface area (Å²) in [6.07, 6.45) is 0. The van der Waals surface area contributed by atoms with Gasteiger partial charge in [-0.05, 0) is 26.8 Å². The lowest BCUT2D eigenvalue weighted by molar-refractivity contribution is 0.0692. The molecule has 0 bridgehead atoms. The van der Waals surface area contributed by atoms with E-state index < -0.39 is 17.5 Å². The van der Waals surface area contributed by atoms with E-state index in [9.17, 15) is 9.59 Å². The van der Waals surface area contributed by atoms with E-state index in [1.165, 1.54) is 0 Å². The van der Waals surface area contributed by atoms with Crippen LogP contribution in [-0.2, 0) is 4.74 Å². The van der Waals surface area contributed by atoms with Gasteiger partial charge in [0.1, 0.15) is 5.69 Å². The number of anilines is 1. The number of urea groups is 1. The van der Waals surface area contributed by atoms with Gasteiger partial charge in [0.15, 0.2) is 0 Å². The number of rotatable bonds is 5. The van der Waals surface area contributed by atoms with Crippen molar-refractivity contribution in [1.29, 1.82) is 0 Å². The number of aryl methyl sites for hydroxylation is 1. The molecular weight excluding hydrogens is 250 g/mol. The summed E-state index contributed by atoms with van der Waals surface area (Å²) in [4.78, 5) is 25.5. The molecule has 1 aromatic rings. The molecule has 1 rings (SSSR count). The highest BCUT2D eigenvalue weighted by molar-refractivity contribution is 5.99. The molecule has 106 valence electrons. The van der Waals surface area contributed by atoms with E-state index in [4.69, 9.17) is 9.84 Å². The van der Waals surface area contributed by atoms with Gasteiger partial charge in [-0.25, -0.2) is 9.59 Å². The number of nitrogens with one attached hydrogen (secondary N) is 3. The minimum absolute atomic E-state index is 0.0443. The zero-order chi connectivity index (χ0) is 14.6. The first-order valence-corrected chi connectivity index (χ1v) is 5.76. The number of aromatic nitrogens is 1. The van der Waals surface area contributed by atoms with Crippen LogP contribution in [0.3, 0.4) is 0 Å². The van der Waals surface area contributed by atoms with Crippen molar-refractivity contribution in [3.8, 4) is 0 Å². The maximum absolute atomic E-state index is 11.8. The minimum Gasteiger partial charge on any atom is -0.477 e. The van der Waals surface area contributed by atoms with Gasteiger partial charge in [-0.2, -0.15) is 0 Å². The summed E-state index contributed by atoms with van der Waals surface area (Å²) in [6.45, 7) is 5.66. The van der Waals surface area contributed by atoms with Crippen LogP contribution in [0.2, 0.25) is 0 Å². The minimum atomic E-state index is -1.13. The summed E-state index contributed by atoms with van der Waals surface area (Å²) in [5.74, 6) is -1.13. The molecule has 0 fully saturated rings. The van der Waals surface area contributed by atoms with Gasteiger partial charge in [0.25, 0.3) is 0 Å². The second kappa shape index (κ2) is 5.75. The largest absolute Gasteiger partial charge is 0.477 e. The molecule has 0 saturated heterocycles. The number of carboxylic acids is 1. The summed E-state index contributed by atoms with van der Waals surface area (Å²) < 4.78 is 4.98. The Morgan fingerprint density at radius 2 is 2.11 bits per heavy atom. The van der Waals surface area contributed by atoms with Crippen molar-refractivity contribution >= 4 is 17.7 Å². The van der Waals surface area contributed by atoms with Crippen molar-refractivity contribution in [2.45, 2.75) is 26.3 Å². The van der Waals surface area contributed by atoms with Gasteiger partial charge < -0.3 is 25.5 Å². The predicted octanol–water partition coefficient (Wildman–Crippen LogP) is 1.57. The topological polar surface area (TPSA) is 103 Å². The Labute approximate surface area is 111 Å². The van der Waals surface area contributed by atoms with Crippen LogP contribution < -0.4 is 10.6 Å². The molecule has 7 nitrogen and oxygen atoms in total. The van der Waals surface area contributed by atoms with Crippen LogP contribution in [0.4, 0.5) is 10.5 Å². The van der Waals surface area contributed by atoms with Crippen LogP contribution in [0, 0.1) is 6.92 Å². The fourth-order valence-corrected chi connectivity index (χ4v) is 1.71. The van der Waals surface area contributed by atoms with Gasteiger partial charge in [-0.15, -0.1) is 0 Å². The highest BCUT2D eigenvalue weighted by Crippen LogP contribution is 2.17. The van der Waals surface area contributed by atoms with Crippen LogP contribution in [0.25, 0.3) is 0 Å². The van der Waals surface area contributed by atoms with E-state index >= 15 is 0 Å². The Bertz CT molecular complexity index is 479. The number of methoxy groups -OCH3 is 1. The molecule has 0 spiro atoms. The number of aromatic carboxylic acids is 1. The lowest BCUT2D eigenvalue weighted by Gasteiger charge is -2.25. The van der Waals surface area contributed by atoms with Gasteiger partial charge >= 0.3 is 12.0 Å². The second-order valence-corrected chi connectivity index (χ2v) is 4.94. The van der Waals surface area contributed by atoms with E-state index in [1.807, 2.05) is 0 Å². The summed E-state index contributed by atoms with van der Waals surface area (Å²) in [7, 11) is 1.54. The maximum Gasteiger partial charge on any atom is 0.354 e. The van der Waals surface area contributed by atoms with E-state index in [1.54, 1.807) is 33.9 Å². The third-order valence-corrected chi connectivity index (χ3v) is 2.37. The first-order chi connectivity index (χ1) is 8.75. The van der Waals surface area contributed by atoms with Crippen LogP contribution in [0.1, 0.15) is 30.0 Å². The Balaban J connectivity index is 2.75. The Hall–Kier alpha value is -2.02. The molecule has 7 heteroatoms. The molecular formula is C12H19N3O4. The standard InChI is InChI=1S/C12H19N3O4/c1-7-5-8(9(13-7)10(16)17)14-11(18)15-12(2,3)6-19-4/h5,13H,6H2,1-4H3,(H,16,17)(H2,14,15,18). The average molecular weight is 269 g/mol. The maximum atomic E-state index is 11.8. The number of amides is 2. The quantitative estimate of drug-likeness (QED) is 0.651. The average Bonchev–Trinajstić information content (AvgIpc) is 2.57. The third kappa shape index (κ3) is 4.29. The number of H-pyrrole nitrogens is 1. The number of carboxylic acid groups (broad SMARTS) is 1. The SMILES string of the molecule is COCC(C)(C)NC(=O)Nc1cc(C)[nH]c1C(=O)O. The lowest BCUT2D eigenvalue weighted by Crippen LogP contribution is -2.48. The molecule has 4 N–H and O–H groups in total. The summed E-state index contributed by atoms with van der Waals surface area (Å²) >= 11 is 0. The van der Waals surface area contributed by atoms with Gasteiger partial charge in [-0.1, -0.05) is 0 Å². The van der Waals surface area contributed by atoms with Gasteiger partial charge in [-0.3, -0.25) is 0 Å². The van der Waals surface area contributed by atoms with Crippen LogP contribution in [0.5, 0.6) is 0 Å². The van der Waals surface area contributed by atoms with Crippen molar-refractivity contribution in [3.05, 3.63) is 17.5 Å². The molecule has 0 aliphatic carbocycles. The van der Waals surface area contributed by atoms with Gasteiger partial charge in [0, 0.05) is 12.8 Å². The molecule has 19 heavy (non-hydrogen) atoms. The smallest absolute Gasteiger partial charge is 0.354 e. The monoisotopic (exact) mass is 269 g/mol. The zero-order valence-electron chi connectivity index (χ0n) is 11.5. The highest BCUT2D eigenvalue weighted by Gasteiger charge is 2.22.